The maximum Gasteiger partial charge on any atom is 0.264 e. The van der Waals surface area contributed by atoms with Crippen molar-refractivity contribution in [2.24, 2.45) is 0 Å². The molecule has 3 aromatic rings. The van der Waals surface area contributed by atoms with Gasteiger partial charge < -0.3 is 10.1 Å². The Labute approximate surface area is 183 Å². The van der Waals surface area contributed by atoms with Crippen molar-refractivity contribution in [3.8, 4) is 5.75 Å². The van der Waals surface area contributed by atoms with Gasteiger partial charge in [0, 0.05) is 0 Å². The van der Waals surface area contributed by atoms with Gasteiger partial charge in [-0.15, -0.1) is 0 Å². The van der Waals surface area contributed by atoms with Crippen LogP contribution >= 0.6 is 0 Å². The first-order valence-corrected chi connectivity index (χ1v) is 11.3. The zero-order valence-corrected chi connectivity index (χ0v) is 18.9. The number of methoxy groups -OCH3 is 1. The van der Waals surface area contributed by atoms with Crippen molar-refractivity contribution in [3.63, 3.8) is 0 Å². The number of carbonyl (C=O) groups excluding carboxylic acids is 1. The molecule has 0 aliphatic rings. The molecule has 0 spiro atoms. The summed E-state index contributed by atoms with van der Waals surface area (Å²) in [5.74, 6) is 0.0300. The van der Waals surface area contributed by atoms with Gasteiger partial charge >= 0.3 is 0 Å². The van der Waals surface area contributed by atoms with Crippen LogP contribution in [0.15, 0.2) is 71.6 Å². The van der Waals surface area contributed by atoms with Crippen LogP contribution in [0.4, 0.5) is 11.4 Å². The summed E-state index contributed by atoms with van der Waals surface area (Å²) in [6.07, 6.45) is 0. The van der Waals surface area contributed by atoms with Crippen LogP contribution in [0.5, 0.6) is 5.75 Å². The number of aryl methyl sites for hydroxylation is 3. The van der Waals surface area contributed by atoms with Crippen LogP contribution < -0.4 is 14.4 Å². The Hall–Kier alpha value is -3.32. The van der Waals surface area contributed by atoms with Gasteiger partial charge in [0.2, 0.25) is 5.91 Å². The molecule has 0 atom stereocenters. The van der Waals surface area contributed by atoms with Crippen LogP contribution in [0.1, 0.15) is 16.7 Å². The Morgan fingerprint density at radius 3 is 2.00 bits per heavy atom. The molecule has 0 saturated heterocycles. The molecule has 0 fully saturated rings. The van der Waals surface area contributed by atoms with E-state index >= 15 is 0 Å². The van der Waals surface area contributed by atoms with E-state index < -0.39 is 15.9 Å². The lowest BCUT2D eigenvalue weighted by molar-refractivity contribution is -0.114. The van der Waals surface area contributed by atoms with Gasteiger partial charge in [-0.2, -0.15) is 0 Å². The van der Waals surface area contributed by atoms with E-state index in [4.69, 9.17) is 4.74 Å². The Bertz CT molecular complexity index is 1170. The second-order valence-corrected chi connectivity index (χ2v) is 9.27. The zero-order chi connectivity index (χ0) is 22.6. The Kier molecular flexibility index (Phi) is 6.65. The lowest BCUT2D eigenvalue weighted by Crippen LogP contribution is -2.38. The molecule has 162 valence electrons. The topological polar surface area (TPSA) is 75.7 Å². The molecular weight excluding hydrogens is 412 g/mol. The molecule has 0 aromatic heterocycles. The fourth-order valence-electron chi connectivity index (χ4n) is 3.10. The summed E-state index contributed by atoms with van der Waals surface area (Å²) in [5, 5.41) is 2.78. The molecule has 0 saturated carbocycles. The molecule has 3 aromatic carbocycles. The van der Waals surface area contributed by atoms with Gasteiger partial charge in [-0.1, -0.05) is 41.5 Å². The highest BCUT2D eigenvalue weighted by Crippen LogP contribution is 2.27. The number of sulfonamides is 1. The summed E-state index contributed by atoms with van der Waals surface area (Å²) < 4.78 is 33.3. The molecule has 0 unspecified atom stereocenters. The van der Waals surface area contributed by atoms with Gasteiger partial charge in [-0.25, -0.2) is 8.42 Å². The van der Waals surface area contributed by atoms with Crippen molar-refractivity contribution >= 4 is 27.3 Å². The standard InChI is InChI=1S/C24H26N2O4S/c1-17-5-10-20(11-6-17)26(31(28,29)21-12-7-18(2)8-13-21)16-24(27)25-22-15-19(3)9-14-23(22)30-4/h5-15H,16H2,1-4H3,(H,25,27). The summed E-state index contributed by atoms with van der Waals surface area (Å²) in [6, 6.07) is 19.0. The van der Waals surface area contributed by atoms with Gasteiger partial charge in [0.05, 0.1) is 23.4 Å². The largest absolute Gasteiger partial charge is 0.495 e. The predicted molar refractivity (Wildman–Crippen MR) is 123 cm³/mol. The number of ether oxygens (including phenoxy) is 1. The number of anilines is 2. The number of nitrogens with one attached hydrogen (secondary N) is 1. The summed E-state index contributed by atoms with van der Waals surface area (Å²) in [6.45, 7) is 5.32. The Balaban J connectivity index is 1.95. The van der Waals surface area contributed by atoms with Gasteiger partial charge in [0.1, 0.15) is 12.3 Å². The number of hydrogen-bond acceptors (Lipinski definition) is 4. The molecule has 0 bridgehead atoms. The highest BCUT2D eigenvalue weighted by atomic mass is 32.2. The van der Waals surface area contributed by atoms with Crippen LogP contribution in [0, 0.1) is 20.8 Å². The van der Waals surface area contributed by atoms with Crippen molar-refractivity contribution in [3.05, 3.63) is 83.4 Å². The third kappa shape index (κ3) is 5.24. The quantitative estimate of drug-likeness (QED) is 0.591. The zero-order valence-electron chi connectivity index (χ0n) is 18.0. The highest BCUT2D eigenvalue weighted by molar-refractivity contribution is 7.92. The third-order valence-corrected chi connectivity index (χ3v) is 6.64. The number of benzene rings is 3. The second kappa shape index (κ2) is 9.22. The Morgan fingerprint density at radius 2 is 1.42 bits per heavy atom. The van der Waals surface area contributed by atoms with Gasteiger partial charge in [-0.05, 0) is 62.7 Å². The highest BCUT2D eigenvalue weighted by Gasteiger charge is 2.27. The SMILES string of the molecule is COc1ccc(C)cc1NC(=O)CN(c1ccc(C)cc1)S(=O)(=O)c1ccc(C)cc1. The number of amides is 1. The summed E-state index contributed by atoms with van der Waals surface area (Å²) in [5.41, 5.74) is 3.79. The fraction of sp³-hybridized carbons (Fsp3) is 0.208. The molecule has 0 aliphatic carbocycles. The van der Waals surface area contributed by atoms with E-state index in [-0.39, 0.29) is 11.4 Å². The fourth-order valence-corrected chi connectivity index (χ4v) is 4.52. The lowest BCUT2D eigenvalue weighted by atomic mass is 10.2. The minimum absolute atomic E-state index is 0.125. The van der Waals surface area contributed by atoms with Crippen LogP contribution in [-0.2, 0) is 14.8 Å². The molecule has 31 heavy (non-hydrogen) atoms. The lowest BCUT2D eigenvalue weighted by Gasteiger charge is -2.24. The monoisotopic (exact) mass is 438 g/mol. The second-order valence-electron chi connectivity index (χ2n) is 7.41. The molecule has 1 N–H and O–H groups in total. The van der Waals surface area contributed by atoms with E-state index in [1.165, 1.54) is 7.11 Å². The molecule has 3 rings (SSSR count). The molecular formula is C24H26N2O4S. The molecule has 0 radical (unpaired) electrons. The molecule has 1 amide bonds. The van der Waals surface area contributed by atoms with E-state index in [0.29, 0.717) is 17.1 Å². The van der Waals surface area contributed by atoms with Gasteiger partial charge in [0.25, 0.3) is 10.0 Å². The average molecular weight is 439 g/mol. The van der Waals surface area contributed by atoms with E-state index in [0.717, 1.165) is 21.0 Å². The number of rotatable bonds is 7. The maximum absolute atomic E-state index is 13.4. The molecule has 7 heteroatoms. The van der Waals surface area contributed by atoms with E-state index in [1.807, 2.05) is 39.0 Å². The minimum atomic E-state index is -3.95. The van der Waals surface area contributed by atoms with Crippen molar-refractivity contribution in [1.82, 2.24) is 0 Å². The Morgan fingerprint density at radius 1 is 0.871 bits per heavy atom. The first-order chi connectivity index (χ1) is 14.7. The van der Waals surface area contributed by atoms with Crippen LogP contribution in [-0.4, -0.2) is 28.0 Å². The maximum atomic E-state index is 13.4. The predicted octanol–water partition coefficient (Wildman–Crippen LogP) is 4.45. The van der Waals surface area contributed by atoms with Crippen LogP contribution in [0.3, 0.4) is 0 Å². The minimum Gasteiger partial charge on any atom is -0.495 e. The summed E-state index contributed by atoms with van der Waals surface area (Å²) >= 11 is 0. The summed E-state index contributed by atoms with van der Waals surface area (Å²) in [4.78, 5) is 13.0. The molecule has 0 aliphatic heterocycles. The normalized spacial score (nSPS) is 11.1. The number of carbonyl (C=O) groups is 1. The van der Waals surface area contributed by atoms with E-state index in [9.17, 15) is 13.2 Å². The van der Waals surface area contributed by atoms with Gasteiger partial charge in [-0.3, -0.25) is 9.10 Å². The third-order valence-electron chi connectivity index (χ3n) is 4.85. The molecule has 6 nitrogen and oxygen atoms in total. The number of hydrogen-bond donors (Lipinski definition) is 1. The average Bonchev–Trinajstić information content (AvgIpc) is 2.73. The van der Waals surface area contributed by atoms with Crippen LogP contribution in [0.2, 0.25) is 0 Å². The van der Waals surface area contributed by atoms with Crippen molar-refractivity contribution < 1.29 is 17.9 Å². The summed E-state index contributed by atoms with van der Waals surface area (Å²) in [7, 11) is -2.44. The first kappa shape index (κ1) is 22.4. The van der Waals surface area contributed by atoms with Crippen molar-refractivity contribution in [2.45, 2.75) is 25.7 Å². The first-order valence-electron chi connectivity index (χ1n) is 9.81. The van der Waals surface area contributed by atoms with Crippen molar-refractivity contribution in [1.29, 1.82) is 0 Å². The smallest absolute Gasteiger partial charge is 0.264 e. The van der Waals surface area contributed by atoms with E-state index in [2.05, 4.69) is 5.32 Å². The van der Waals surface area contributed by atoms with Crippen molar-refractivity contribution in [2.75, 3.05) is 23.3 Å². The molecule has 0 heterocycles. The van der Waals surface area contributed by atoms with Crippen LogP contribution in [0.25, 0.3) is 0 Å². The number of nitrogens with zero attached hydrogens (tertiary/aromatic N) is 1. The van der Waals surface area contributed by atoms with Gasteiger partial charge in [0.15, 0.2) is 0 Å². The van der Waals surface area contributed by atoms with E-state index in [1.54, 1.807) is 48.5 Å².